The third kappa shape index (κ3) is 2.61. The quantitative estimate of drug-likeness (QED) is 0.817. The fourth-order valence-electron chi connectivity index (χ4n) is 1.92. The lowest BCUT2D eigenvalue weighted by molar-refractivity contribution is 0.604. The van der Waals surface area contributed by atoms with E-state index in [9.17, 15) is 0 Å². The van der Waals surface area contributed by atoms with Crippen molar-refractivity contribution in [3.63, 3.8) is 0 Å². The van der Waals surface area contributed by atoms with Crippen molar-refractivity contribution in [2.45, 2.75) is 26.9 Å². The maximum absolute atomic E-state index is 5.70. The van der Waals surface area contributed by atoms with Crippen molar-refractivity contribution in [3.05, 3.63) is 36.4 Å². The van der Waals surface area contributed by atoms with E-state index in [1.54, 1.807) is 6.33 Å². The topological polar surface area (TPSA) is 60.0 Å². The SMILES string of the molecule is CCN(Cc1ncnn1CC)c1ccc(N)cc1. The minimum Gasteiger partial charge on any atom is -0.399 e. The van der Waals surface area contributed by atoms with E-state index in [-0.39, 0.29) is 0 Å². The molecule has 0 aliphatic carbocycles. The Morgan fingerprint density at radius 1 is 1.22 bits per heavy atom. The molecule has 2 N–H and O–H groups in total. The molecule has 1 heterocycles. The lowest BCUT2D eigenvalue weighted by Gasteiger charge is -2.22. The van der Waals surface area contributed by atoms with Gasteiger partial charge in [-0.25, -0.2) is 9.67 Å². The molecule has 0 saturated heterocycles. The van der Waals surface area contributed by atoms with Crippen LogP contribution in [-0.2, 0) is 13.1 Å². The molecule has 0 bridgehead atoms. The van der Waals surface area contributed by atoms with E-state index in [2.05, 4.69) is 28.8 Å². The summed E-state index contributed by atoms with van der Waals surface area (Å²) in [7, 11) is 0. The summed E-state index contributed by atoms with van der Waals surface area (Å²) < 4.78 is 1.92. The van der Waals surface area contributed by atoms with Crippen LogP contribution in [-0.4, -0.2) is 21.3 Å². The van der Waals surface area contributed by atoms with Crippen molar-refractivity contribution in [3.8, 4) is 0 Å². The van der Waals surface area contributed by atoms with Crippen molar-refractivity contribution >= 4 is 11.4 Å². The third-order valence-electron chi connectivity index (χ3n) is 2.97. The zero-order chi connectivity index (χ0) is 13.0. The van der Waals surface area contributed by atoms with Crippen molar-refractivity contribution in [1.82, 2.24) is 14.8 Å². The normalized spacial score (nSPS) is 10.6. The Labute approximate surface area is 107 Å². The highest BCUT2D eigenvalue weighted by Gasteiger charge is 2.09. The standard InChI is InChI=1S/C13H19N5/c1-3-17(12-7-5-11(14)6-8-12)9-13-15-10-16-18(13)4-2/h5-8,10H,3-4,9,14H2,1-2H3. The predicted octanol–water partition coefficient (Wildman–Crippen LogP) is 1.91. The Bertz CT molecular complexity index is 488. The van der Waals surface area contributed by atoms with Gasteiger partial charge in [-0.3, -0.25) is 0 Å². The molecule has 0 fully saturated rings. The molecule has 5 nitrogen and oxygen atoms in total. The summed E-state index contributed by atoms with van der Waals surface area (Å²) in [5.74, 6) is 0.983. The monoisotopic (exact) mass is 245 g/mol. The van der Waals surface area contributed by atoms with Crippen LogP contribution in [0.5, 0.6) is 0 Å². The zero-order valence-electron chi connectivity index (χ0n) is 10.9. The van der Waals surface area contributed by atoms with Crippen LogP contribution in [0, 0.1) is 0 Å². The summed E-state index contributed by atoms with van der Waals surface area (Å²) in [6.45, 7) is 6.71. The maximum Gasteiger partial charge on any atom is 0.146 e. The van der Waals surface area contributed by atoms with Gasteiger partial charge in [0, 0.05) is 24.5 Å². The first kappa shape index (κ1) is 12.4. The Morgan fingerprint density at radius 2 is 1.94 bits per heavy atom. The smallest absolute Gasteiger partial charge is 0.146 e. The van der Waals surface area contributed by atoms with Gasteiger partial charge in [-0.15, -0.1) is 0 Å². The summed E-state index contributed by atoms with van der Waals surface area (Å²) in [5.41, 5.74) is 7.64. The number of nitrogens with two attached hydrogens (primary N) is 1. The lowest BCUT2D eigenvalue weighted by atomic mass is 10.2. The number of aromatic nitrogens is 3. The second kappa shape index (κ2) is 5.53. The molecule has 0 spiro atoms. The van der Waals surface area contributed by atoms with Crippen LogP contribution >= 0.6 is 0 Å². The van der Waals surface area contributed by atoms with Gasteiger partial charge < -0.3 is 10.6 Å². The minimum atomic E-state index is 0.758. The van der Waals surface area contributed by atoms with E-state index in [0.717, 1.165) is 36.8 Å². The minimum absolute atomic E-state index is 0.758. The summed E-state index contributed by atoms with van der Waals surface area (Å²) in [4.78, 5) is 6.55. The predicted molar refractivity (Wildman–Crippen MR) is 73.3 cm³/mol. The van der Waals surface area contributed by atoms with Gasteiger partial charge in [0.2, 0.25) is 0 Å². The number of anilines is 2. The lowest BCUT2D eigenvalue weighted by Crippen LogP contribution is -2.24. The Balaban J connectivity index is 2.17. The first-order valence-corrected chi connectivity index (χ1v) is 6.21. The molecule has 0 amide bonds. The van der Waals surface area contributed by atoms with Gasteiger partial charge in [-0.2, -0.15) is 5.10 Å². The van der Waals surface area contributed by atoms with Gasteiger partial charge in [-0.1, -0.05) is 0 Å². The second-order valence-corrected chi connectivity index (χ2v) is 4.10. The Morgan fingerprint density at radius 3 is 2.56 bits per heavy atom. The van der Waals surface area contributed by atoms with Crippen LogP contribution in [0.2, 0.25) is 0 Å². The van der Waals surface area contributed by atoms with E-state index in [4.69, 9.17) is 5.73 Å². The van der Waals surface area contributed by atoms with E-state index in [1.807, 2.05) is 28.9 Å². The van der Waals surface area contributed by atoms with Gasteiger partial charge in [0.05, 0.1) is 6.54 Å². The van der Waals surface area contributed by atoms with Crippen LogP contribution in [0.25, 0.3) is 0 Å². The molecule has 0 radical (unpaired) electrons. The van der Waals surface area contributed by atoms with Crippen LogP contribution < -0.4 is 10.6 Å². The molecule has 0 saturated carbocycles. The zero-order valence-corrected chi connectivity index (χ0v) is 10.9. The highest BCUT2D eigenvalue weighted by molar-refractivity contribution is 5.53. The van der Waals surface area contributed by atoms with E-state index in [1.165, 1.54) is 0 Å². The second-order valence-electron chi connectivity index (χ2n) is 4.10. The fourth-order valence-corrected chi connectivity index (χ4v) is 1.92. The van der Waals surface area contributed by atoms with Crippen LogP contribution in [0.15, 0.2) is 30.6 Å². The molecule has 1 aromatic carbocycles. The summed E-state index contributed by atoms with van der Waals surface area (Å²) in [6, 6.07) is 7.90. The number of benzene rings is 1. The Kier molecular flexibility index (Phi) is 3.82. The van der Waals surface area contributed by atoms with E-state index >= 15 is 0 Å². The number of hydrogen-bond donors (Lipinski definition) is 1. The molecule has 0 unspecified atom stereocenters. The molecule has 2 aromatic rings. The molecule has 18 heavy (non-hydrogen) atoms. The summed E-state index contributed by atoms with van der Waals surface area (Å²) in [6.07, 6.45) is 1.61. The molecular formula is C13H19N5. The number of nitrogens with zero attached hydrogens (tertiary/aromatic N) is 4. The van der Waals surface area contributed by atoms with Gasteiger partial charge in [-0.05, 0) is 38.1 Å². The molecule has 5 heteroatoms. The molecule has 0 aliphatic heterocycles. The largest absolute Gasteiger partial charge is 0.399 e. The van der Waals surface area contributed by atoms with Gasteiger partial charge in [0.1, 0.15) is 12.2 Å². The average molecular weight is 245 g/mol. The highest BCUT2D eigenvalue weighted by atomic mass is 15.3. The molecular weight excluding hydrogens is 226 g/mol. The molecule has 2 rings (SSSR count). The van der Waals surface area contributed by atoms with Gasteiger partial charge >= 0.3 is 0 Å². The third-order valence-corrected chi connectivity index (χ3v) is 2.97. The van der Waals surface area contributed by atoms with Gasteiger partial charge in [0.15, 0.2) is 0 Å². The summed E-state index contributed by atoms with van der Waals surface area (Å²) >= 11 is 0. The Hall–Kier alpha value is -2.04. The average Bonchev–Trinajstić information content (AvgIpc) is 2.84. The number of aryl methyl sites for hydroxylation is 1. The first-order chi connectivity index (χ1) is 8.74. The van der Waals surface area contributed by atoms with Crippen molar-refractivity contribution in [1.29, 1.82) is 0 Å². The molecule has 0 atom stereocenters. The number of hydrogen-bond acceptors (Lipinski definition) is 4. The highest BCUT2D eigenvalue weighted by Crippen LogP contribution is 2.17. The fraction of sp³-hybridized carbons (Fsp3) is 0.385. The van der Waals surface area contributed by atoms with Crippen LogP contribution in [0.1, 0.15) is 19.7 Å². The van der Waals surface area contributed by atoms with E-state index in [0.29, 0.717) is 0 Å². The number of nitrogen functional groups attached to an aromatic ring is 1. The molecule has 96 valence electrons. The van der Waals surface area contributed by atoms with Crippen LogP contribution in [0.4, 0.5) is 11.4 Å². The van der Waals surface area contributed by atoms with Gasteiger partial charge in [0.25, 0.3) is 0 Å². The molecule has 1 aromatic heterocycles. The van der Waals surface area contributed by atoms with Crippen molar-refractivity contribution in [2.75, 3.05) is 17.2 Å². The maximum atomic E-state index is 5.70. The summed E-state index contributed by atoms with van der Waals surface area (Å²) in [5, 5.41) is 4.19. The van der Waals surface area contributed by atoms with Crippen molar-refractivity contribution < 1.29 is 0 Å². The van der Waals surface area contributed by atoms with Crippen molar-refractivity contribution in [2.24, 2.45) is 0 Å². The number of rotatable bonds is 5. The van der Waals surface area contributed by atoms with E-state index < -0.39 is 0 Å². The van der Waals surface area contributed by atoms with Crippen LogP contribution in [0.3, 0.4) is 0 Å². The first-order valence-electron chi connectivity index (χ1n) is 6.21. The molecule has 0 aliphatic rings.